The summed E-state index contributed by atoms with van der Waals surface area (Å²) in [4.78, 5) is 0. The average molecular weight is 213 g/mol. The van der Waals surface area contributed by atoms with Gasteiger partial charge in [0.1, 0.15) is 0 Å². The van der Waals surface area contributed by atoms with Gasteiger partial charge in [-0.25, -0.2) is 0 Å². The molecule has 0 aliphatic heterocycles. The van der Waals surface area contributed by atoms with Crippen LogP contribution in [0, 0.1) is 11.3 Å². The lowest BCUT2D eigenvalue weighted by molar-refractivity contribution is 0.118. The van der Waals surface area contributed by atoms with Crippen molar-refractivity contribution in [3.05, 3.63) is 0 Å². The Hall–Kier alpha value is -0.0400. The molecular weight excluding hydrogens is 182 g/mol. The SMILES string of the molecule is CCC(CCC(C)N)C(CC)(CC)CC. The van der Waals surface area contributed by atoms with Gasteiger partial charge in [0.15, 0.2) is 0 Å². The Balaban J connectivity index is 4.44. The molecule has 0 aliphatic carbocycles. The van der Waals surface area contributed by atoms with Gasteiger partial charge in [0.2, 0.25) is 0 Å². The van der Waals surface area contributed by atoms with E-state index in [-0.39, 0.29) is 0 Å². The normalized spacial score (nSPS) is 16.4. The van der Waals surface area contributed by atoms with E-state index in [1.165, 1.54) is 38.5 Å². The van der Waals surface area contributed by atoms with Crippen molar-refractivity contribution in [2.24, 2.45) is 17.1 Å². The molecule has 0 bridgehead atoms. The van der Waals surface area contributed by atoms with Crippen molar-refractivity contribution in [1.82, 2.24) is 0 Å². The van der Waals surface area contributed by atoms with Gasteiger partial charge < -0.3 is 5.73 Å². The quantitative estimate of drug-likeness (QED) is 0.637. The van der Waals surface area contributed by atoms with E-state index < -0.39 is 0 Å². The molecule has 0 fully saturated rings. The molecule has 0 rings (SSSR count). The van der Waals surface area contributed by atoms with Crippen LogP contribution in [-0.4, -0.2) is 6.04 Å². The first-order chi connectivity index (χ1) is 7.06. The van der Waals surface area contributed by atoms with E-state index in [1.807, 2.05) is 0 Å². The smallest absolute Gasteiger partial charge is 0.00105 e. The van der Waals surface area contributed by atoms with Crippen LogP contribution in [0.4, 0.5) is 0 Å². The maximum absolute atomic E-state index is 5.86. The first-order valence-corrected chi connectivity index (χ1v) is 6.81. The molecule has 2 N–H and O–H groups in total. The van der Waals surface area contributed by atoms with Crippen LogP contribution < -0.4 is 5.73 Å². The van der Waals surface area contributed by atoms with Crippen molar-refractivity contribution in [2.75, 3.05) is 0 Å². The predicted molar refractivity (Wildman–Crippen MR) is 70.0 cm³/mol. The fraction of sp³-hybridized carbons (Fsp3) is 1.00. The summed E-state index contributed by atoms with van der Waals surface area (Å²) >= 11 is 0. The van der Waals surface area contributed by atoms with Gasteiger partial charge in [-0.2, -0.15) is 0 Å². The molecule has 92 valence electrons. The van der Waals surface area contributed by atoms with Gasteiger partial charge in [0.25, 0.3) is 0 Å². The molecule has 0 amide bonds. The van der Waals surface area contributed by atoms with E-state index in [9.17, 15) is 0 Å². The molecule has 0 aliphatic rings. The highest BCUT2D eigenvalue weighted by Crippen LogP contribution is 2.42. The standard InChI is InChI=1S/C14H31N/c1-6-13(11-10-12(5)15)14(7-2,8-3)9-4/h12-13H,6-11,15H2,1-5H3. The topological polar surface area (TPSA) is 26.0 Å². The Morgan fingerprint density at radius 3 is 1.67 bits per heavy atom. The number of nitrogens with two attached hydrogens (primary N) is 1. The first-order valence-electron chi connectivity index (χ1n) is 6.81. The Bertz CT molecular complexity index is 139. The minimum atomic E-state index is 0.363. The highest BCUT2D eigenvalue weighted by Gasteiger charge is 2.32. The Labute approximate surface area is 96.8 Å². The van der Waals surface area contributed by atoms with Crippen LogP contribution in [-0.2, 0) is 0 Å². The van der Waals surface area contributed by atoms with Gasteiger partial charge in [-0.05, 0) is 31.1 Å². The number of hydrogen-bond acceptors (Lipinski definition) is 1. The summed E-state index contributed by atoms with van der Waals surface area (Å²) in [7, 11) is 0. The molecule has 0 radical (unpaired) electrons. The van der Waals surface area contributed by atoms with Crippen LogP contribution in [0.3, 0.4) is 0 Å². The molecule has 0 heterocycles. The molecule has 0 saturated carbocycles. The Morgan fingerprint density at radius 1 is 0.933 bits per heavy atom. The van der Waals surface area contributed by atoms with Crippen LogP contribution in [0.5, 0.6) is 0 Å². The summed E-state index contributed by atoms with van der Waals surface area (Å²) in [6.07, 6.45) is 7.75. The molecule has 15 heavy (non-hydrogen) atoms. The molecular formula is C14H31N. The lowest BCUT2D eigenvalue weighted by Gasteiger charge is -2.39. The second-order valence-electron chi connectivity index (χ2n) is 5.08. The van der Waals surface area contributed by atoms with E-state index in [1.54, 1.807) is 0 Å². The Kier molecular flexibility index (Phi) is 7.25. The van der Waals surface area contributed by atoms with E-state index in [2.05, 4.69) is 34.6 Å². The van der Waals surface area contributed by atoms with E-state index in [4.69, 9.17) is 5.73 Å². The molecule has 0 aromatic heterocycles. The summed E-state index contributed by atoms with van der Waals surface area (Å²) < 4.78 is 0. The predicted octanol–water partition coefficient (Wildman–Crippen LogP) is 4.36. The molecule has 1 nitrogen and oxygen atoms in total. The summed E-state index contributed by atoms with van der Waals surface area (Å²) in [6.45, 7) is 11.5. The van der Waals surface area contributed by atoms with Crippen molar-refractivity contribution in [3.63, 3.8) is 0 Å². The van der Waals surface area contributed by atoms with Crippen LogP contribution in [0.15, 0.2) is 0 Å². The molecule has 2 unspecified atom stereocenters. The van der Waals surface area contributed by atoms with Gasteiger partial charge in [-0.3, -0.25) is 0 Å². The molecule has 0 saturated heterocycles. The fourth-order valence-corrected chi connectivity index (χ4v) is 3.02. The third-order valence-corrected chi connectivity index (χ3v) is 4.44. The molecule has 0 spiro atoms. The minimum absolute atomic E-state index is 0.363. The van der Waals surface area contributed by atoms with Crippen molar-refractivity contribution in [2.45, 2.75) is 79.2 Å². The lowest BCUT2D eigenvalue weighted by atomic mass is 9.66. The summed E-state index contributed by atoms with van der Waals surface area (Å²) in [5, 5.41) is 0. The van der Waals surface area contributed by atoms with Crippen LogP contribution >= 0.6 is 0 Å². The maximum atomic E-state index is 5.86. The summed E-state index contributed by atoms with van der Waals surface area (Å²) in [5.41, 5.74) is 6.44. The zero-order chi connectivity index (χ0) is 11.9. The maximum Gasteiger partial charge on any atom is 0.00105 e. The van der Waals surface area contributed by atoms with Crippen LogP contribution in [0.25, 0.3) is 0 Å². The monoisotopic (exact) mass is 213 g/mol. The van der Waals surface area contributed by atoms with Crippen LogP contribution in [0.2, 0.25) is 0 Å². The highest BCUT2D eigenvalue weighted by atomic mass is 14.6. The third-order valence-electron chi connectivity index (χ3n) is 4.44. The van der Waals surface area contributed by atoms with Crippen molar-refractivity contribution in [3.8, 4) is 0 Å². The Morgan fingerprint density at radius 2 is 1.40 bits per heavy atom. The van der Waals surface area contributed by atoms with Gasteiger partial charge in [0.05, 0.1) is 0 Å². The van der Waals surface area contributed by atoms with E-state index in [0.717, 1.165) is 5.92 Å². The van der Waals surface area contributed by atoms with Gasteiger partial charge in [-0.15, -0.1) is 0 Å². The van der Waals surface area contributed by atoms with Crippen molar-refractivity contribution in [1.29, 1.82) is 0 Å². The zero-order valence-electron chi connectivity index (χ0n) is 11.5. The lowest BCUT2D eigenvalue weighted by Crippen LogP contribution is -2.30. The average Bonchev–Trinajstić information content (AvgIpc) is 2.24. The van der Waals surface area contributed by atoms with Gasteiger partial charge >= 0.3 is 0 Å². The first kappa shape index (κ1) is 15.0. The van der Waals surface area contributed by atoms with E-state index >= 15 is 0 Å². The van der Waals surface area contributed by atoms with Crippen LogP contribution in [0.1, 0.15) is 73.1 Å². The second kappa shape index (κ2) is 7.27. The molecule has 0 aromatic rings. The van der Waals surface area contributed by atoms with Gasteiger partial charge in [-0.1, -0.05) is 53.4 Å². The molecule has 1 heteroatoms. The molecule has 2 atom stereocenters. The molecule has 0 aromatic carbocycles. The van der Waals surface area contributed by atoms with Crippen molar-refractivity contribution >= 4 is 0 Å². The number of hydrogen-bond donors (Lipinski definition) is 1. The minimum Gasteiger partial charge on any atom is -0.328 e. The largest absolute Gasteiger partial charge is 0.328 e. The summed E-state index contributed by atoms with van der Waals surface area (Å²) in [5.74, 6) is 0.864. The third kappa shape index (κ3) is 4.14. The highest BCUT2D eigenvalue weighted by molar-refractivity contribution is 4.83. The summed E-state index contributed by atoms with van der Waals surface area (Å²) in [6, 6.07) is 0.363. The van der Waals surface area contributed by atoms with E-state index in [0.29, 0.717) is 11.5 Å². The second-order valence-corrected chi connectivity index (χ2v) is 5.08. The number of rotatable bonds is 8. The van der Waals surface area contributed by atoms with Crippen molar-refractivity contribution < 1.29 is 0 Å². The zero-order valence-corrected chi connectivity index (χ0v) is 11.5. The van der Waals surface area contributed by atoms with Gasteiger partial charge in [0, 0.05) is 6.04 Å². The fourth-order valence-electron chi connectivity index (χ4n) is 3.02.